The standard InChI is InChI=1S/C58H107NO18/c1-3-5-7-9-11-13-15-17-18-19-20-21-22-24-25-27-29-31-33-35-42(63)41(59-46(64)36-34-32-30-28-26-23-16-14-12-10-8-6-4-2)40-72-56-52(70)49(67)54(44(38-61)74-56)77-58-53(71)50(68)55(45(39-62)75-58)76-57-51(69)48(66)47(65)43(37-60)73-57/h8,10,14,16,41-45,47-58,60-63,65-71H,3-7,9,11-13,15,17-40H2,1-2H3,(H,59,64)/b10-8-,16-14-. The van der Waals surface area contributed by atoms with Crippen LogP contribution >= 0.6 is 0 Å². The lowest BCUT2D eigenvalue weighted by molar-refractivity contribution is -0.379. The molecule has 0 saturated carbocycles. The minimum absolute atomic E-state index is 0.251. The Morgan fingerprint density at radius 3 is 1.38 bits per heavy atom. The van der Waals surface area contributed by atoms with Crippen LogP contribution in [-0.2, 0) is 33.2 Å². The largest absolute Gasteiger partial charge is 0.394 e. The van der Waals surface area contributed by atoms with Crippen molar-refractivity contribution < 1.29 is 89.4 Å². The summed E-state index contributed by atoms with van der Waals surface area (Å²) in [6, 6.07) is -0.892. The molecule has 0 aliphatic carbocycles. The third-order valence-corrected chi connectivity index (χ3v) is 15.3. The van der Waals surface area contributed by atoms with E-state index in [2.05, 4.69) is 43.5 Å². The third-order valence-electron chi connectivity index (χ3n) is 15.3. The van der Waals surface area contributed by atoms with Gasteiger partial charge in [0.25, 0.3) is 0 Å². The molecule has 17 atom stereocenters. The summed E-state index contributed by atoms with van der Waals surface area (Å²) in [4.78, 5) is 13.3. The summed E-state index contributed by atoms with van der Waals surface area (Å²) in [5.41, 5.74) is 0. The second kappa shape index (κ2) is 42.1. The molecule has 0 aromatic heterocycles. The highest BCUT2D eigenvalue weighted by Gasteiger charge is 2.53. The predicted molar refractivity (Wildman–Crippen MR) is 291 cm³/mol. The van der Waals surface area contributed by atoms with E-state index in [0.717, 1.165) is 77.0 Å². The van der Waals surface area contributed by atoms with Gasteiger partial charge in [-0.05, 0) is 38.5 Å². The number of carbonyl (C=O) groups is 1. The zero-order chi connectivity index (χ0) is 56.2. The van der Waals surface area contributed by atoms with Crippen molar-refractivity contribution >= 4 is 5.91 Å². The van der Waals surface area contributed by atoms with E-state index in [-0.39, 0.29) is 18.9 Å². The van der Waals surface area contributed by atoms with Crippen molar-refractivity contribution in [3.05, 3.63) is 24.3 Å². The quantitative estimate of drug-likeness (QED) is 0.0277. The number of nitrogens with one attached hydrogen (secondary N) is 1. The lowest BCUT2D eigenvalue weighted by Crippen LogP contribution is -2.66. The molecule has 0 aromatic rings. The third kappa shape index (κ3) is 26.4. The molecule has 3 saturated heterocycles. The van der Waals surface area contributed by atoms with Crippen LogP contribution < -0.4 is 5.32 Å². The molecular weight excluding hydrogens is 999 g/mol. The van der Waals surface area contributed by atoms with Crippen LogP contribution in [0.5, 0.6) is 0 Å². The van der Waals surface area contributed by atoms with Crippen molar-refractivity contribution in [3.8, 4) is 0 Å². The molecule has 0 aromatic carbocycles. The number of amides is 1. The van der Waals surface area contributed by atoms with E-state index in [9.17, 15) is 61.0 Å². The topological polar surface area (TPSA) is 307 Å². The number of hydrogen-bond donors (Lipinski definition) is 12. The minimum Gasteiger partial charge on any atom is -0.394 e. The van der Waals surface area contributed by atoms with Gasteiger partial charge in [-0.1, -0.05) is 186 Å². The van der Waals surface area contributed by atoms with Crippen LogP contribution in [0.1, 0.15) is 206 Å². The molecule has 3 fully saturated rings. The second-order valence-corrected chi connectivity index (χ2v) is 21.8. The summed E-state index contributed by atoms with van der Waals surface area (Å²) >= 11 is 0. The van der Waals surface area contributed by atoms with Gasteiger partial charge in [-0.25, -0.2) is 0 Å². The Balaban J connectivity index is 1.49. The van der Waals surface area contributed by atoms with Gasteiger partial charge in [0, 0.05) is 6.42 Å². The van der Waals surface area contributed by atoms with E-state index in [1.807, 2.05) is 0 Å². The van der Waals surface area contributed by atoms with Gasteiger partial charge in [0.2, 0.25) is 5.91 Å². The van der Waals surface area contributed by atoms with Crippen molar-refractivity contribution in [3.63, 3.8) is 0 Å². The maximum Gasteiger partial charge on any atom is 0.220 e. The summed E-state index contributed by atoms with van der Waals surface area (Å²) in [5.74, 6) is -0.257. The number of hydrogen-bond acceptors (Lipinski definition) is 18. The first kappa shape index (κ1) is 69.5. The second-order valence-electron chi connectivity index (χ2n) is 21.8. The van der Waals surface area contributed by atoms with Gasteiger partial charge in [0.1, 0.15) is 73.2 Å². The van der Waals surface area contributed by atoms with Crippen LogP contribution in [0.2, 0.25) is 0 Å². The molecule has 0 radical (unpaired) electrons. The van der Waals surface area contributed by atoms with Crippen molar-refractivity contribution in [2.75, 3.05) is 26.4 Å². The summed E-state index contributed by atoms with van der Waals surface area (Å²) in [5, 5.41) is 120. The van der Waals surface area contributed by atoms with Crippen LogP contribution in [0.25, 0.3) is 0 Å². The summed E-state index contributed by atoms with van der Waals surface area (Å²) in [6.07, 6.45) is 15.5. The zero-order valence-corrected chi connectivity index (χ0v) is 46.9. The number of unbranched alkanes of at least 4 members (excludes halogenated alkanes) is 24. The molecule has 0 bridgehead atoms. The average molecular weight is 1110 g/mol. The van der Waals surface area contributed by atoms with Crippen LogP contribution in [0.3, 0.4) is 0 Å². The molecule has 1 amide bonds. The number of aliphatic hydroxyl groups is 11. The average Bonchev–Trinajstić information content (AvgIpc) is 3.43. The van der Waals surface area contributed by atoms with Gasteiger partial charge in [0.05, 0.1) is 38.6 Å². The summed E-state index contributed by atoms with van der Waals surface area (Å²) in [6.45, 7) is 1.71. The molecule has 19 heteroatoms. The van der Waals surface area contributed by atoms with Crippen molar-refractivity contribution in [1.29, 1.82) is 0 Å². The maximum absolute atomic E-state index is 13.3. The Morgan fingerprint density at radius 2 is 0.883 bits per heavy atom. The Bertz CT molecular complexity index is 1510. The molecule has 17 unspecified atom stereocenters. The molecule has 12 N–H and O–H groups in total. The predicted octanol–water partition coefficient (Wildman–Crippen LogP) is 5.15. The lowest BCUT2D eigenvalue weighted by Gasteiger charge is -2.48. The van der Waals surface area contributed by atoms with E-state index in [4.69, 9.17) is 28.4 Å². The van der Waals surface area contributed by atoms with Crippen LogP contribution in [0, 0.1) is 0 Å². The molecule has 3 rings (SSSR count). The summed E-state index contributed by atoms with van der Waals surface area (Å²) < 4.78 is 34.3. The first-order valence-corrected chi connectivity index (χ1v) is 30.1. The smallest absolute Gasteiger partial charge is 0.220 e. The SMILES string of the molecule is CCC/C=C\C/C=C\CCCCCCCC(=O)NC(COC1OC(CO)C(OC2OC(CO)C(OC3OC(CO)C(O)C(O)C3O)C(O)C2O)C(O)C1O)C(O)CCCCCCCCCCCCCCCCCCCCC. The number of aliphatic hydroxyl groups excluding tert-OH is 11. The van der Waals surface area contributed by atoms with E-state index >= 15 is 0 Å². The maximum atomic E-state index is 13.3. The van der Waals surface area contributed by atoms with Gasteiger partial charge in [-0.2, -0.15) is 0 Å². The fourth-order valence-corrected chi connectivity index (χ4v) is 10.3. The number of rotatable bonds is 44. The molecule has 452 valence electrons. The van der Waals surface area contributed by atoms with Crippen molar-refractivity contribution in [2.24, 2.45) is 0 Å². The monoisotopic (exact) mass is 1110 g/mol. The molecule has 3 heterocycles. The molecule has 3 aliphatic rings. The Hall–Kier alpha value is -1.73. The van der Waals surface area contributed by atoms with E-state index in [1.54, 1.807) is 0 Å². The van der Waals surface area contributed by atoms with E-state index < -0.39 is 124 Å². The molecular formula is C58H107NO18. The molecule has 77 heavy (non-hydrogen) atoms. The summed E-state index contributed by atoms with van der Waals surface area (Å²) in [7, 11) is 0. The molecule has 19 nitrogen and oxygen atoms in total. The van der Waals surface area contributed by atoms with Gasteiger partial charge >= 0.3 is 0 Å². The van der Waals surface area contributed by atoms with E-state index in [1.165, 1.54) is 96.3 Å². The van der Waals surface area contributed by atoms with E-state index in [0.29, 0.717) is 12.8 Å². The lowest BCUT2D eigenvalue weighted by atomic mass is 9.96. The Labute approximate surface area is 460 Å². The zero-order valence-electron chi connectivity index (χ0n) is 46.9. The number of carbonyl (C=O) groups excluding carboxylic acids is 1. The van der Waals surface area contributed by atoms with Gasteiger partial charge in [-0.3, -0.25) is 4.79 Å². The fraction of sp³-hybridized carbons (Fsp3) is 0.914. The first-order valence-electron chi connectivity index (χ1n) is 30.1. The van der Waals surface area contributed by atoms with Gasteiger partial charge in [0.15, 0.2) is 18.9 Å². The van der Waals surface area contributed by atoms with Crippen molar-refractivity contribution in [1.82, 2.24) is 5.32 Å². The van der Waals surface area contributed by atoms with Crippen LogP contribution in [0.4, 0.5) is 0 Å². The van der Waals surface area contributed by atoms with Crippen LogP contribution in [0.15, 0.2) is 24.3 Å². The highest BCUT2D eigenvalue weighted by Crippen LogP contribution is 2.33. The first-order chi connectivity index (χ1) is 37.3. The number of ether oxygens (including phenoxy) is 6. The van der Waals surface area contributed by atoms with Crippen molar-refractivity contribution in [2.45, 2.75) is 311 Å². The van der Waals surface area contributed by atoms with Crippen LogP contribution in [-0.4, -0.2) is 193 Å². The highest BCUT2D eigenvalue weighted by atomic mass is 16.8. The normalized spacial score (nSPS) is 30.8. The number of allylic oxidation sites excluding steroid dienone is 4. The Kier molecular flexibility index (Phi) is 38.1. The minimum atomic E-state index is -1.97. The van der Waals surface area contributed by atoms with Gasteiger partial charge in [-0.15, -0.1) is 0 Å². The Morgan fingerprint density at radius 1 is 0.468 bits per heavy atom. The highest BCUT2D eigenvalue weighted by molar-refractivity contribution is 5.76. The molecule has 0 spiro atoms. The fourth-order valence-electron chi connectivity index (χ4n) is 10.3. The molecule has 3 aliphatic heterocycles. The van der Waals surface area contributed by atoms with Gasteiger partial charge < -0.3 is 89.9 Å².